The van der Waals surface area contributed by atoms with Crippen molar-refractivity contribution in [1.82, 2.24) is 4.57 Å². The summed E-state index contributed by atoms with van der Waals surface area (Å²) in [4.78, 5) is 41.3. The van der Waals surface area contributed by atoms with Crippen LogP contribution in [0.25, 0.3) is 20.3 Å². The minimum Gasteiger partial charge on any atom is -0.468 e. The number of esters is 1. The molecule has 4 rings (SSSR count). The third-order valence-electron chi connectivity index (χ3n) is 4.44. The van der Waals surface area contributed by atoms with Gasteiger partial charge >= 0.3 is 5.97 Å². The molecule has 10 heteroatoms. The number of rotatable bonds is 4. The molecule has 0 radical (unpaired) electrons. The zero-order valence-electron chi connectivity index (χ0n) is 16.5. The first-order valence-corrected chi connectivity index (χ1v) is 11.1. The number of amides is 2. The predicted octanol–water partition coefficient (Wildman–Crippen LogP) is 4.44. The number of thiophene rings is 1. The molecule has 2 aromatic heterocycles. The Morgan fingerprint density at radius 3 is 2.61 bits per heavy atom. The number of hydrogen-bond donors (Lipinski definition) is 1. The summed E-state index contributed by atoms with van der Waals surface area (Å²) in [6.45, 7) is 1.31. The summed E-state index contributed by atoms with van der Waals surface area (Å²) in [7, 11) is 1.30. The molecular weight excluding hydrogens is 458 g/mol. The number of hydrogen-bond acceptors (Lipinski definition) is 6. The van der Waals surface area contributed by atoms with Crippen molar-refractivity contribution in [2.45, 2.75) is 13.5 Å². The van der Waals surface area contributed by atoms with E-state index in [0.717, 1.165) is 14.8 Å². The molecule has 0 saturated carbocycles. The maximum Gasteiger partial charge on any atom is 0.325 e. The zero-order chi connectivity index (χ0) is 22.1. The maximum atomic E-state index is 13.0. The highest BCUT2D eigenvalue weighted by atomic mass is 35.5. The smallest absolute Gasteiger partial charge is 0.325 e. The van der Waals surface area contributed by atoms with Crippen molar-refractivity contribution < 1.29 is 19.1 Å². The van der Waals surface area contributed by atoms with Crippen molar-refractivity contribution in [2.24, 2.45) is 4.99 Å². The van der Waals surface area contributed by atoms with E-state index in [9.17, 15) is 14.4 Å². The summed E-state index contributed by atoms with van der Waals surface area (Å²) in [5.74, 6) is -1.16. The lowest BCUT2D eigenvalue weighted by molar-refractivity contribution is -0.141. The highest BCUT2D eigenvalue weighted by Crippen LogP contribution is 2.35. The van der Waals surface area contributed by atoms with Gasteiger partial charge in [0.25, 0.3) is 5.91 Å². The van der Waals surface area contributed by atoms with Gasteiger partial charge in [0.2, 0.25) is 5.91 Å². The number of aromatic nitrogens is 1. The molecule has 7 nitrogen and oxygen atoms in total. The van der Waals surface area contributed by atoms with Crippen LogP contribution in [0.3, 0.4) is 0 Å². The lowest BCUT2D eigenvalue weighted by Crippen LogP contribution is -2.22. The average molecular weight is 474 g/mol. The number of nitrogens with one attached hydrogen (secondary N) is 1. The molecule has 0 spiro atoms. The van der Waals surface area contributed by atoms with Gasteiger partial charge in [0.15, 0.2) is 4.80 Å². The number of carbonyl (C=O) groups is 3. The van der Waals surface area contributed by atoms with Gasteiger partial charge in [0.1, 0.15) is 11.4 Å². The topological polar surface area (TPSA) is 89.8 Å². The number of benzene rings is 2. The Bertz CT molecular complexity index is 1420. The fraction of sp³-hybridized carbons (Fsp3) is 0.143. The van der Waals surface area contributed by atoms with E-state index >= 15 is 0 Å². The molecule has 0 saturated heterocycles. The van der Waals surface area contributed by atoms with Crippen LogP contribution < -0.4 is 10.1 Å². The Balaban J connectivity index is 1.85. The van der Waals surface area contributed by atoms with E-state index in [4.69, 9.17) is 16.3 Å². The van der Waals surface area contributed by atoms with Crippen molar-refractivity contribution in [1.29, 1.82) is 0 Å². The Morgan fingerprint density at radius 2 is 1.90 bits per heavy atom. The Kier molecular flexibility index (Phi) is 5.90. The molecule has 0 aliphatic heterocycles. The number of anilines is 1. The number of thiazole rings is 1. The van der Waals surface area contributed by atoms with E-state index in [1.165, 1.54) is 36.7 Å². The third kappa shape index (κ3) is 4.25. The number of fused-ring (bicyclic) bond motifs is 2. The van der Waals surface area contributed by atoms with Gasteiger partial charge in [-0.05, 0) is 24.3 Å². The van der Waals surface area contributed by atoms with Crippen LogP contribution in [0.15, 0.2) is 47.5 Å². The fourth-order valence-electron chi connectivity index (χ4n) is 3.08. The molecule has 31 heavy (non-hydrogen) atoms. The Morgan fingerprint density at radius 1 is 1.13 bits per heavy atom. The van der Waals surface area contributed by atoms with Gasteiger partial charge in [0.05, 0.1) is 22.3 Å². The zero-order valence-corrected chi connectivity index (χ0v) is 18.9. The van der Waals surface area contributed by atoms with Gasteiger partial charge < -0.3 is 14.6 Å². The molecule has 2 aromatic carbocycles. The monoisotopic (exact) mass is 473 g/mol. The first-order chi connectivity index (χ1) is 14.9. The summed E-state index contributed by atoms with van der Waals surface area (Å²) in [6, 6.07) is 12.7. The lowest BCUT2D eigenvalue weighted by Gasteiger charge is -2.05. The normalized spacial score (nSPS) is 11.8. The summed E-state index contributed by atoms with van der Waals surface area (Å²) >= 11 is 8.93. The number of methoxy groups -OCH3 is 1. The highest BCUT2D eigenvalue weighted by molar-refractivity contribution is 7.21. The molecule has 0 aliphatic carbocycles. The second-order valence-electron chi connectivity index (χ2n) is 6.57. The molecule has 158 valence electrons. The predicted molar refractivity (Wildman–Crippen MR) is 123 cm³/mol. The van der Waals surface area contributed by atoms with E-state index < -0.39 is 11.9 Å². The molecule has 0 fully saturated rings. The van der Waals surface area contributed by atoms with E-state index in [2.05, 4.69) is 10.3 Å². The number of halogens is 1. The minimum absolute atomic E-state index is 0.109. The number of ether oxygens (including phenoxy) is 1. The fourth-order valence-corrected chi connectivity index (χ4v) is 5.54. The highest BCUT2D eigenvalue weighted by Gasteiger charge is 2.18. The first kappa shape index (κ1) is 21.2. The molecular formula is C21H16ClN3O4S2. The van der Waals surface area contributed by atoms with Crippen LogP contribution in [-0.4, -0.2) is 29.5 Å². The van der Waals surface area contributed by atoms with Crippen LogP contribution in [0, 0.1) is 0 Å². The summed E-state index contributed by atoms with van der Waals surface area (Å²) in [5.41, 5.74) is 1.30. The summed E-state index contributed by atoms with van der Waals surface area (Å²) < 4.78 is 8.06. The molecule has 0 atom stereocenters. The third-order valence-corrected chi connectivity index (χ3v) is 7.15. The van der Waals surface area contributed by atoms with E-state index in [0.29, 0.717) is 25.9 Å². The SMILES string of the molecule is COC(=O)Cn1c(=NC(=O)c2sc3ccccc3c2Cl)sc2cc(NC(C)=O)ccc21. The second-order valence-corrected chi connectivity index (χ2v) is 9.01. The standard InChI is InChI=1S/C21H16ClN3O4S2/c1-11(26)23-12-7-8-14-16(9-12)31-21(25(14)10-17(27)29-2)24-20(28)19-18(22)13-5-3-4-6-15(13)30-19/h3-9H,10H2,1-2H3,(H,23,26). The van der Waals surface area contributed by atoms with Gasteiger partial charge in [0, 0.05) is 22.7 Å². The molecule has 4 aromatic rings. The lowest BCUT2D eigenvalue weighted by atomic mass is 10.2. The molecule has 0 bridgehead atoms. The second kappa shape index (κ2) is 8.62. The molecule has 2 amide bonds. The number of nitrogens with zero attached hydrogens (tertiary/aromatic N) is 2. The van der Waals surface area contributed by atoms with E-state index in [-0.39, 0.29) is 12.5 Å². The van der Waals surface area contributed by atoms with Gasteiger partial charge in [-0.15, -0.1) is 11.3 Å². The Labute approximate surface area is 189 Å². The van der Waals surface area contributed by atoms with Crippen molar-refractivity contribution in [3.05, 3.63) is 57.2 Å². The van der Waals surface area contributed by atoms with E-state index in [1.807, 2.05) is 24.3 Å². The van der Waals surface area contributed by atoms with Crippen LogP contribution in [0.5, 0.6) is 0 Å². The van der Waals surface area contributed by atoms with Crippen molar-refractivity contribution in [2.75, 3.05) is 12.4 Å². The molecule has 1 N–H and O–H groups in total. The first-order valence-electron chi connectivity index (χ1n) is 9.11. The average Bonchev–Trinajstić information content (AvgIpc) is 3.25. The van der Waals surface area contributed by atoms with Crippen molar-refractivity contribution in [3.63, 3.8) is 0 Å². The number of carbonyl (C=O) groups excluding carboxylic acids is 3. The van der Waals surface area contributed by atoms with Gasteiger partial charge in [-0.25, -0.2) is 0 Å². The van der Waals surface area contributed by atoms with Gasteiger partial charge in [-0.1, -0.05) is 41.1 Å². The van der Waals surface area contributed by atoms with Crippen LogP contribution >= 0.6 is 34.3 Å². The molecule has 0 unspecified atom stereocenters. The van der Waals surface area contributed by atoms with E-state index in [1.54, 1.807) is 22.8 Å². The van der Waals surface area contributed by atoms with Crippen LogP contribution in [0.2, 0.25) is 5.02 Å². The summed E-state index contributed by atoms with van der Waals surface area (Å²) in [5, 5.41) is 3.88. The molecule has 2 heterocycles. The minimum atomic E-state index is -0.488. The van der Waals surface area contributed by atoms with Crippen molar-refractivity contribution >= 4 is 78.0 Å². The quantitative estimate of drug-likeness (QED) is 0.443. The largest absolute Gasteiger partial charge is 0.468 e. The Hall–Kier alpha value is -3.01. The van der Waals surface area contributed by atoms with Crippen LogP contribution in [-0.2, 0) is 20.9 Å². The van der Waals surface area contributed by atoms with Gasteiger partial charge in [-0.2, -0.15) is 4.99 Å². The van der Waals surface area contributed by atoms with Gasteiger partial charge in [-0.3, -0.25) is 14.4 Å². The molecule has 0 aliphatic rings. The maximum absolute atomic E-state index is 13.0. The summed E-state index contributed by atoms with van der Waals surface area (Å²) in [6.07, 6.45) is 0. The van der Waals surface area contributed by atoms with Crippen LogP contribution in [0.1, 0.15) is 16.6 Å². The van der Waals surface area contributed by atoms with Crippen LogP contribution in [0.4, 0.5) is 5.69 Å². The van der Waals surface area contributed by atoms with Crippen molar-refractivity contribution in [3.8, 4) is 0 Å².